The summed E-state index contributed by atoms with van der Waals surface area (Å²) in [5, 5.41) is 15.6. The Balaban J connectivity index is 1.75. The lowest BCUT2D eigenvalue weighted by molar-refractivity contribution is -0.118. The van der Waals surface area contributed by atoms with Gasteiger partial charge in [0.05, 0.1) is 12.6 Å². The molecule has 18 heavy (non-hydrogen) atoms. The Kier molecular flexibility index (Phi) is 2.84. The van der Waals surface area contributed by atoms with Gasteiger partial charge in [-0.15, -0.1) is 0 Å². The molecule has 4 heteroatoms. The number of nitrogens with one attached hydrogen (secondary N) is 2. The van der Waals surface area contributed by atoms with Gasteiger partial charge in [0.25, 0.3) is 0 Å². The third kappa shape index (κ3) is 2.13. The van der Waals surface area contributed by atoms with Crippen LogP contribution in [-0.4, -0.2) is 29.2 Å². The Labute approximate surface area is 106 Å². The molecule has 0 bridgehead atoms. The Morgan fingerprint density at radius 2 is 2.17 bits per heavy atom. The van der Waals surface area contributed by atoms with Gasteiger partial charge in [0.1, 0.15) is 0 Å². The Morgan fingerprint density at radius 1 is 1.39 bits per heavy atom. The second-order valence-electron chi connectivity index (χ2n) is 5.32. The molecular weight excluding hydrogens is 228 g/mol. The van der Waals surface area contributed by atoms with Crippen molar-refractivity contribution in [1.82, 2.24) is 5.32 Å². The van der Waals surface area contributed by atoms with E-state index in [2.05, 4.69) is 16.7 Å². The molecule has 1 heterocycles. The van der Waals surface area contributed by atoms with Gasteiger partial charge in [-0.2, -0.15) is 0 Å². The molecule has 0 saturated heterocycles. The molecule has 1 aromatic rings. The number of aliphatic hydroxyl groups is 1. The molecule has 1 unspecified atom stereocenters. The van der Waals surface area contributed by atoms with E-state index in [-0.39, 0.29) is 24.1 Å². The van der Waals surface area contributed by atoms with E-state index in [0.29, 0.717) is 0 Å². The van der Waals surface area contributed by atoms with Gasteiger partial charge in [-0.1, -0.05) is 18.2 Å². The van der Waals surface area contributed by atoms with Crippen LogP contribution in [0.15, 0.2) is 24.3 Å². The summed E-state index contributed by atoms with van der Waals surface area (Å²) >= 11 is 0. The zero-order chi connectivity index (χ0) is 12.6. The fraction of sp³-hybridized carbons (Fsp3) is 0.500. The van der Waals surface area contributed by atoms with Crippen molar-refractivity contribution >= 4 is 11.6 Å². The highest BCUT2D eigenvalue weighted by Crippen LogP contribution is 2.36. The summed E-state index contributed by atoms with van der Waals surface area (Å²) in [5.74, 6) is 0.0136. The first-order valence-corrected chi connectivity index (χ1v) is 6.50. The van der Waals surface area contributed by atoms with Crippen molar-refractivity contribution in [3.8, 4) is 0 Å². The third-order valence-corrected chi connectivity index (χ3v) is 3.93. The highest BCUT2D eigenvalue weighted by atomic mass is 16.3. The van der Waals surface area contributed by atoms with Crippen LogP contribution >= 0.6 is 0 Å². The number of hydrogen-bond acceptors (Lipinski definition) is 3. The van der Waals surface area contributed by atoms with Crippen LogP contribution in [0.25, 0.3) is 0 Å². The second-order valence-corrected chi connectivity index (χ2v) is 5.32. The number of anilines is 1. The molecule has 3 rings (SSSR count). The summed E-state index contributed by atoms with van der Waals surface area (Å²) < 4.78 is 0. The van der Waals surface area contributed by atoms with Gasteiger partial charge in [0.2, 0.25) is 5.91 Å². The molecule has 4 nitrogen and oxygen atoms in total. The number of hydrogen-bond donors (Lipinski definition) is 3. The van der Waals surface area contributed by atoms with E-state index in [0.717, 1.165) is 31.4 Å². The highest BCUT2D eigenvalue weighted by Gasteiger charge is 2.44. The summed E-state index contributed by atoms with van der Waals surface area (Å²) in [5.41, 5.74) is 1.91. The summed E-state index contributed by atoms with van der Waals surface area (Å²) in [6, 6.07) is 7.72. The minimum absolute atomic E-state index is 0.0136. The van der Waals surface area contributed by atoms with Crippen molar-refractivity contribution in [1.29, 1.82) is 0 Å². The summed E-state index contributed by atoms with van der Waals surface area (Å²) in [6.07, 6.45) is 3.58. The Hall–Kier alpha value is -1.39. The molecule has 3 N–H and O–H groups in total. The van der Waals surface area contributed by atoms with Crippen molar-refractivity contribution < 1.29 is 9.90 Å². The van der Waals surface area contributed by atoms with Crippen molar-refractivity contribution in [2.24, 2.45) is 0 Å². The smallest absolute Gasteiger partial charge is 0.241 e. The normalized spacial score (nSPS) is 24.9. The molecule has 0 spiro atoms. The first-order chi connectivity index (χ1) is 8.72. The molecule has 0 aromatic heterocycles. The number of aliphatic hydroxyl groups excluding tert-OH is 1. The number of benzene rings is 1. The molecule has 1 aliphatic carbocycles. The number of amides is 1. The summed E-state index contributed by atoms with van der Waals surface area (Å²) in [7, 11) is 0. The van der Waals surface area contributed by atoms with E-state index >= 15 is 0 Å². The van der Waals surface area contributed by atoms with E-state index in [1.54, 1.807) is 0 Å². The van der Waals surface area contributed by atoms with Crippen LogP contribution in [0.5, 0.6) is 0 Å². The Morgan fingerprint density at radius 3 is 2.89 bits per heavy atom. The number of rotatable bonds is 3. The molecule has 2 aliphatic rings. The van der Waals surface area contributed by atoms with Crippen LogP contribution in [0.2, 0.25) is 0 Å². The first-order valence-electron chi connectivity index (χ1n) is 6.50. The van der Waals surface area contributed by atoms with Crippen molar-refractivity contribution in [3.05, 3.63) is 29.8 Å². The maximum atomic E-state index is 12.1. The minimum atomic E-state index is -0.202. The summed E-state index contributed by atoms with van der Waals surface area (Å²) in [6.45, 7) is 0.115. The number of carbonyl (C=O) groups is 1. The predicted octanol–water partition coefficient (Wildman–Crippen LogP) is 1.05. The average molecular weight is 246 g/mol. The fourth-order valence-electron chi connectivity index (χ4n) is 2.52. The molecular formula is C14H18N2O2. The van der Waals surface area contributed by atoms with Gasteiger partial charge in [-0.25, -0.2) is 0 Å². The van der Waals surface area contributed by atoms with Crippen LogP contribution in [-0.2, 0) is 11.2 Å². The van der Waals surface area contributed by atoms with Crippen LogP contribution in [0, 0.1) is 0 Å². The SMILES string of the molecule is O=C1Nc2ccccc2CCC1NC1(CO)CC1. The average Bonchev–Trinajstić information content (AvgIpc) is 3.17. The molecule has 0 radical (unpaired) electrons. The number of para-hydroxylation sites is 1. The largest absolute Gasteiger partial charge is 0.394 e. The first kappa shape index (κ1) is 11.7. The third-order valence-electron chi connectivity index (χ3n) is 3.93. The molecule has 1 aliphatic heterocycles. The van der Waals surface area contributed by atoms with Crippen LogP contribution in [0.3, 0.4) is 0 Å². The van der Waals surface area contributed by atoms with Gasteiger partial charge in [0, 0.05) is 11.2 Å². The van der Waals surface area contributed by atoms with E-state index in [4.69, 9.17) is 0 Å². The molecule has 96 valence electrons. The van der Waals surface area contributed by atoms with E-state index in [9.17, 15) is 9.90 Å². The van der Waals surface area contributed by atoms with Gasteiger partial charge in [-0.05, 0) is 37.3 Å². The second kappa shape index (κ2) is 4.37. The van der Waals surface area contributed by atoms with Gasteiger partial charge in [-0.3, -0.25) is 10.1 Å². The molecule has 1 fully saturated rings. The lowest BCUT2D eigenvalue weighted by atomic mass is 10.1. The van der Waals surface area contributed by atoms with Gasteiger partial charge in [0.15, 0.2) is 0 Å². The topological polar surface area (TPSA) is 61.4 Å². The lowest BCUT2D eigenvalue weighted by Crippen LogP contribution is -2.48. The molecule has 1 aromatic carbocycles. The zero-order valence-electron chi connectivity index (χ0n) is 10.3. The molecule has 1 saturated carbocycles. The van der Waals surface area contributed by atoms with Crippen LogP contribution in [0.1, 0.15) is 24.8 Å². The van der Waals surface area contributed by atoms with Gasteiger partial charge >= 0.3 is 0 Å². The monoisotopic (exact) mass is 246 g/mol. The van der Waals surface area contributed by atoms with Crippen molar-refractivity contribution in [2.45, 2.75) is 37.3 Å². The number of fused-ring (bicyclic) bond motifs is 1. The lowest BCUT2D eigenvalue weighted by Gasteiger charge is -2.21. The van der Waals surface area contributed by atoms with Crippen molar-refractivity contribution in [3.63, 3.8) is 0 Å². The maximum absolute atomic E-state index is 12.1. The summed E-state index contributed by atoms with van der Waals surface area (Å²) in [4.78, 5) is 12.1. The number of aryl methyl sites for hydroxylation is 1. The quantitative estimate of drug-likeness (QED) is 0.747. The van der Waals surface area contributed by atoms with Crippen LogP contribution < -0.4 is 10.6 Å². The molecule has 1 atom stereocenters. The minimum Gasteiger partial charge on any atom is -0.394 e. The van der Waals surface area contributed by atoms with Crippen LogP contribution in [0.4, 0.5) is 5.69 Å². The fourth-order valence-corrected chi connectivity index (χ4v) is 2.52. The standard InChI is InChI=1S/C14H18N2O2/c17-9-14(7-8-14)16-12-6-5-10-3-1-2-4-11(10)15-13(12)18/h1-4,12,16-17H,5-9H2,(H,15,18). The number of carbonyl (C=O) groups excluding carboxylic acids is 1. The zero-order valence-corrected chi connectivity index (χ0v) is 10.3. The van der Waals surface area contributed by atoms with E-state index < -0.39 is 0 Å². The van der Waals surface area contributed by atoms with Gasteiger partial charge < -0.3 is 10.4 Å². The van der Waals surface area contributed by atoms with Crippen molar-refractivity contribution in [2.75, 3.05) is 11.9 Å². The van der Waals surface area contributed by atoms with E-state index in [1.165, 1.54) is 5.56 Å². The maximum Gasteiger partial charge on any atom is 0.241 e. The highest BCUT2D eigenvalue weighted by molar-refractivity contribution is 5.96. The predicted molar refractivity (Wildman–Crippen MR) is 69.4 cm³/mol. The van der Waals surface area contributed by atoms with E-state index in [1.807, 2.05) is 18.2 Å². The Bertz CT molecular complexity index is 469. The molecule has 1 amide bonds.